The maximum absolute atomic E-state index is 16.2. The Kier molecular flexibility index (Phi) is 6.63. The Labute approximate surface area is 267 Å². The number of imidazole rings is 1. The van der Waals surface area contributed by atoms with Gasteiger partial charge in [-0.25, -0.2) is 14.4 Å². The fourth-order valence-corrected chi connectivity index (χ4v) is 5.68. The average Bonchev–Trinajstić information content (AvgIpc) is 3.98. The van der Waals surface area contributed by atoms with Crippen LogP contribution in [-0.2, 0) is 0 Å². The van der Waals surface area contributed by atoms with Crippen LogP contribution in [0.15, 0.2) is 72.1 Å². The summed E-state index contributed by atoms with van der Waals surface area (Å²) in [7, 11) is 0. The molecule has 1 fully saturated rings. The van der Waals surface area contributed by atoms with Gasteiger partial charge in [0, 0.05) is 59.9 Å². The lowest BCUT2D eigenvalue weighted by molar-refractivity contribution is 0.102. The number of aromatic nitrogens is 6. The molecule has 6 heterocycles. The molecule has 0 unspecified atom stereocenters. The van der Waals surface area contributed by atoms with E-state index in [0.717, 1.165) is 30.0 Å². The Bertz CT molecular complexity index is 2380. The molecule has 2 aliphatic heterocycles. The van der Waals surface area contributed by atoms with E-state index in [1.165, 1.54) is 6.07 Å². The zero-order chi connectivity index (χ0) is 32.4. The number of nitrogens with one attached hydrogen (secondary N) is 1. The van der Waals surface area contributed by atoms with Crippen LogP contribution in [0.25, 0.3) is 33.5 Å². The molecular formula is C34H31FN8O4. The van der Waals surface area contributed by atoms with Crippen molar-refractivity contribution in [3.8, 4) is 34.0 Å². The quantitative estimate of drug-likeness (QED) is 0.188. The third kappa shape index (κ3) is 5.09. The van der Waals surface area contributed by atoms with E-state index in [-0.39, 0.29) is 41.3 Å². The van der Waals surface area contributed by atoms with Gasteiger partial charge in [-0.05, 0) is 57.9 Å². The van der Waals surface area contributed by atoms with Crippen LogP contribution in [0.4, 0.5) is 15.9 Å². The summed E-state index contributed by atoms with van der Waals surface area (Å²) in [6.07, 6.45) is 12.6. The van der Waals surface area contributed by atoms with E-state index in [1.54, 1.807) is 48.4 Å². The van der Waals surface area contributed by atoms with Crippen LogP contribution in [-0.4, -0.2) is 46.9 Å². The van der Waals surface area contributed by atoms with E-state index in [4.69, 9.17) is 19.6 Å². The number of pyridine rings is 2. The summed E-state index contributed by atoms with van der Waals surface area (Å²) in [5.74, 6) is -0.175. The number of fused-ring (bicyclic) bond motifs is 3. The number of amides is 1. The summed E-state index contributed by atoms with van der Waals surface area (Å²) in [6.45, 7) is 6.18. The molecule has 0 spiro atoms. The highest BCUT2D eigenvalue weighted by molar-refractivity contribution is 6.05. The molecule has 8 rings (SSSR count). The molecule has 0 saturated heterocycles. The summed E-state index contributed by atoms with van der Waals surface area (Å²) < 4.78 is 39.5. The second-order valence-electron chi connectivity index (χ2n) is 11.8. The Morgan fingerprint density at radius 2 is 1.96 bits per heavy atom. The summed E-state index contributed by atoms with van der Waals surface area (Å²) in [5, 5.41) is 2.73. The highest BCUT2D eigenvalue weighted by Crippen LogP contribution is 2.40. The first kappa shape index (κ1) is 28.6. The number of carbonyl (C=O) groups is 1. The first-order chi connectivity index (χ1) is 22.8. The Morgan fingerprint density at radius 3 is 2.74 bits per heavy atom. The standard InChI is InChI=1S/C34H31FN8O4/c1-4-45-26-12-19(32(44)40-27-14-22(7-8-37-27)46-21-5-6-21)11-24(35)28(26)30-31-29(38-9-10-41(31)17-39-30)23-16-43-20(13-25(23)36)15-42(18(2)3)33-34(43)47-33/h7-18,21H,4-6,36H2,1-3H3,(H,37,40,44). The highest BCUT2D eigenvalue weighted by atomic mass is 19.1. The number of hydrogen-bond donors (Lipinski definition) is 2. The zero-order valence-corrected chi connectivity index (χ0v) is 25.9. The van der Waals surface area contributed by atoms with Crippen LogP contribution in [0.2, 0.25) is 0 Å². The molecule has 4 aromatic heterocycles. The van der Waals surface area contributed by atoms with E-state index in [1.807, 2.05) is 22.9 Å². The molecule has 1 aliphatic carbocycles. The van der Waals surface area contributed by atoms with Crippen molar-refractivity contribution in [3.05, 3.63) is 90.1 Å². The Hall–Kier alpha value is -5.85. The van der Waals surface area contributed by atoms with Gasteiger partial charge >= 0.3 is 0 Å². The maximum atomic E-state index is 16.2. The van der Waals surface area contributed by atoms with E-state index in [0.29, 0.717) is 39.6 Å². The number of halogens is 1. The van der Waals surface area contributed by atoms with Crippen LogP contribution in [0, 0.1) is 16.9 Å². The predicted octanol–water partition coefficient (Wildman–Crippen LogP) is 6.32. The summed E-state index contributed by atoms with van der Waals surface area (Å²) >= 11 is 0. The number of carbonyl (C=O) groups excluding carboxylic acids is 1. The number of hydrogen-bond acceptors (Lipinski definition) is 8. The topological polar surface area (TPSA) is 139 Å². The second-order valence-corrected chi connectivity index (χ2v) is 11.8. The molecule has 3 aliphatic rings. The molecule has 1 amide bonds. The maximum Gasteiger partial charge on any atom is 0.268 e. The molecule has 1 aromatic carbocycles. The van der Waals surface area contributed by atoms with Crippen molar-refractivity contribution >= 4 is 28.4 Å². The van der Waals surface area contributed by atoms with E-state index in [9.17, 15) is 4.79 Å². The molecule has 12 nitrogen and oxygen atoms in total. The molecule has 238 valence electrons. The minimum Gasteiger partial charge on any atom is -0.493 e. The Morgan fingerprint density at radius 1 is 1.11 bits per heavy atom. The third-order valence-electron chi connectivity index (χ3n) is 8.12. The molecule has 3 N–H and O–H groups in total. The molecule has 47 heavy (non-hydrogen) atoms. The largest absolute Gasteiger partial charge is 0.493 e. The van der Waals surface area contributed by atoms with Crippen molar-refractivity contribution in [1.29, 1.82) is 0 Å². The van der Waals surface area contributed by atoms with Crippen LogP contribution < -0.4 is 20.5 Å². The van der Waals surface area contributed by atoms with Gasteiger partial charge in [0.15, 0.2) is 0 Å². The zero-order valence-electron chi connectivity index (χ0n) is 25.9. The van der Waals surface area contributed by atoms with E-state index in [2.05, 4.69) is 38.7 Å². The lowest BCUT2D eigenvalue weighted by Gasteiger charge is -2.15. The number of anilines is 2. The first-order valence-corrected chi connectivity index (χ1v) is 15.4. The lowest BCUT2D eigenvalue weighted by atomic mass is 10.0. The van der Waals surface area contributed by atoms with Gasteiger partial charge in [-0.2, -0.15) is 0 Å². The number of rotatable bonds is 9. The van der Waals surface area contributed by atoms with Crippen molar-refractivity contribution in [1.82, 2.24) is 28.3 Å². The molecule has 0 atom stereocenters. The fourth-order valence-electron chi connectivity index (χ4n) is 5.68. The summed E-state index contributed by atoms with van der Waals surface area (Å²) in [6, 6.07) is 8.11. The Balaban J connectivity index is 1.21. The number of nitrogens with two attached hydrogens (primary N) is 1. The minimum absolute atomic E-state index is 0.0578. The van der Waals surface area contributed by atoms with Crippen LogP contribution in [0.1, 0.15) is 50.0 Å². The van der Waals surface area contributed by atoms with E-state index >= 15 is 4.39 Å². The third-order valence-corrected chi connectivity index (χ3v) is 8.12. The molecule has 13 heteroatoms. The van der Waals surface area contributed by atoms with Gasteiger partial charge in [0.05, 0.1) is 29.3 Å². The van der Waals surface area contributed by atoms with Gasteiger partial charge in [-0.1, -0.05) is 0 Å². The number of ether oxygens (including phenoxy) is 2. The van der Waals surface area contributed by atoms with Gasteiger partial charge in [-0.15, -0.1) is 0 Å². The van der Waals surface area contributed by atoms with E-state index < -0.39 is 11.7 Å². The average molecular weight is 635 g/mol. The number of benzene rings is 1. The number of nitrogen functional groups attached to an aromatic ring is 1. The van der Waals surface area contributed by atoms with Gasteiger partial charge in [0.2, 0.25) is 0 Å². The fraction of sp³-hybridized carbons (Fsp3) is 0.235. The molecule has 1 saturated carbocycles. The molecule has 5 aromatic rings. The lowest BCUT2D eigenvalue weighted by Crippen LogP contribution is -2.14. The summed E-state index contributed by atoms with van der Waals surface area (Å²) in [4.78, 5) is 26.8. The smallest absolute Gasteiger partial charge is 0.268 e. The van der Waals surface area contributed by atoms with Crippen molar-refractivity contribution in [3.63, 3.8) is 0 Å². The SMILES string of the molecule is CCOc1cc(C(=O)Nc2cc(OC3CC3)ccn2)cc(F)c1-c1ncn2ccnc(-c3cn4c5oc=5n(C(C)C)cc4cc3N)c12. The van der Waals surface area contributed by atoms with Gasteiger partial charge in [-0.3, -0.25) is 14.2 Å². The van der Waals surface area contributed by atoms with Crippen LogP contribution in [0.3, 0.4) is 0 Å². The highest BCUT2D eigenvalue weighted by Gasteiger charge is 2.26. The second kappa shape index (κ2) is 10.9. The summed E-state index contributed by atoms with van der Waals surface area (Å²) in [5.41, 5.74) is 11.5. The van der Waals surface area contributed by atoms with Crippen LogP contribution >= 0.6 is 0 Å². The first-order valence-electron chi connectivity index (χ1n) is 15.4. The number of nitrogens with zero attached hydrogens (tertiary/aromatic N) is 6. The van der Waals surface area contributed by atoms with Crippen molar-refractivity contribution in [2.45, 2.75) is 45.8 Å². The normalized spacial score (nSPS) is 13.3. The van der Waals surface area contributed by atoms with Crippen molar-refractivity contribution in [2.75, 3.05) is 17.7 Å². The van der Waals surface area contributed by atoms with Crippen LogP contribution in [0.5, 0.6) is 11.5 Å². The predicted molar refractivity (Wildman–Crippen MR) is 172 cm³/mol. The van der Waals surface area contributed by atoms with Crippen molar-refractivity contribution < 1.29 is 23.1 Å². The van der Waals surface area contributed by atoms with Gasteiger partial charge in [0.25, 0.3) is 17.0 Å². The molecular weight excluding hydrogens is 603 g/mol. The monoisotopic (exact) mass is 634 g/mol. The molecule has 0 radical (unpaired) electrons. The molecule has 0 bridgehead atoms. The van der Waals surface area contributed by atoms with Gasteiger partial charge < -0.3 is 33.9 Å². The van der Waals surface area contributed by atoms with Gasteiger partial charge in [0.1, 0.15) is 40.8 Å². The van der Waals surface area contributed by atoms with Crippen molar-refractivity contribution in [2.24, 2.45) is 0 Å². The minimum atomic E-state index is -0.687.